The Bertz CT molecular complexity index is 780. The fraction of sp³-hybridized carbons (Fsp3) is 0.421. The van der Waals surface area contributed by atoms with E-state index in [-0.39, 0.29) is 12.5 Å². The first-order valence-corrected chi connectivity index (χ1v) is 8.50. The van der Waals surface area contributed by atoms with Crippen LogP contribution in [0.5, 0.6) is 0 Å². The van der Waals surface area contributed by atoms with Gasteiger partial charge in [-0.25, -0.2) is 14.4 Å². The van der Waals surface area contributed by atoms with Crippen LogP contribution >= 0.6 is 0 Å². The molecule has 2 atom stereocenters. The van der Waals surface area contributed by atoms with E-state index in [2.05, 4.69) is 41.3 Å². The average molecular weight is 342 g/mol. The van der Waals surface area contributed by atoms with Gasteiger partial charge < -0.3 is 10.2 Å². The number of piperidine rings is 1. The van der Waals surface area contributed by atoms with Crippen LogP contribution in [0.1, 0.15) is 24.5 Å². The molecule has 0 bridgehead atoms. The number of halogens is 1. The summed E-state index contributed by atoms with van der Waals surface area (Å²) in [5, 5.41) is 2.68. The minimum atomic E-state index is -1.11. The Labute approximate surface area is 147 Å². The van der Waals surface area contributed by atoms with Crippen LogP contribution in [0.2, 0.25) is 0 Å². The second kappa shape index (κ2) is 7.17. The summed E-state index contributed by atoms with van der Waals surface area (Å²) in [6, 6.07) is 7.69. The maximum Gasteiger partial charge on any atom is 0.217 e. The molecule has 1 aromatic heterocycles. The Morgan fingerprint density at radius 3 is 2.72 bits per heavy atom. The number of anilines is 1. The van der Waals surface area contributed by atoms with Gasteiger partial charge in [0, 0.05) is 25.1 Å². The molecule has 6 heteroatoms. The molecule has 132 valence electrons. The van der Waals surface area contributed by atoms with Crippen molar-refractivity contribution < 1.29 is 9.18 Å². The number of aryl methyl sites for hydroxylation is 2. The maximum absolute atomic E-state index is 14.4. The number of nitrogens with zero attached hydrogens (tertiary/aromatic N) is 3. The second-order valence-electron chi connectivity index (χ2n) is 6.62. The van der Waals surface area contributed by atoms with Gasteiger partial charge >= 0.3 is 0 Å². The quantitative estimate of drug-likeness (QED) is 0.932. The van der Waals surface area contributed by atoms with Gasteiger partial charge in [0.1, 0.15) is 18.3 Å². The zero-order valence-corrected chi connectivity index (χ0v) is 14.8. The molecule has 25 heavy (non-hydrogen) atoms. The largest absolute Gasteiger partial charge is 0.353 e. The fourth-order valence-corrected chi connectivity index (χ4v) is 3.12. The number of benzene rings is 1. The lowest BCUT2D eigenvalue weighted by molar-refractivity contribution is -0.120. The number of hydrogen-bond acceptors (Lipinski definition) is 4. The molecule has 0 unspecified atom stereocenters. The molecule has 1 aliphatic rings. The van der Waals surface area contributed by atoms with Crippen molar-refractivity contribution in [3.05, 3.63) is 41.7 Å². The molecule has 1 aliphatic heterocycles. The molecule has 0 radical (unpaired) electrons. The van der Waals surface area contributed by atoms with Crippen molar-refractivity contribution >= 4 is 11.7 Å². The number of alkyl halides is 1. The number of amides is 1. The molecule has 3 rings (SSSR count). The lowest BCUT2D eigenvalue weighted by atomic mass is 10.0. The molecule has 2 heterocycles. The molecule has 0 saturated carbocycles. The molecule has 2 aromatic rings. The number of carbonyl (C=O) groups excluding carboxylic acids is 1. The van der Waals surface area contributed by atoms with Gasteiger partial charge in [-0.2, -0.15) is 0 Å². The van der Waals surface area contributed by atoms with Gasteiger partial charge in [-0.1, -0.05) is 12.1 Å². The van der Waals surface area contributed by atoms with E-state index in [4.69, 9.17) is 0 Å². The van der Waals surface area contributed by atoms with Crippen molar-refractivity contribution in [3.8, 4) is 11.3 Å². The Kier molecular flexibility index (Phi) is 4.97. The van der Waals surface area contributed by atoms with Crippen LogP contribution in [0.3, 0.4) is 0 Å². The smallest absolute Gasteiger partial charge is 0.217 e. The van der Waals surface area contributed by atoms with E-state index in [0.29, 0.717) is 18.8 Å². The van der Waals surface area contributed by atoms with Gasteiger partial charge in [-0.15, -0.1) is 0 Å². The maximum atomic E-state index is 14.4. The first-order valence-electron chi connectivity index (χ1n) is 8.50. The molecule has 0 aliphatic carbocycles. The molecular weight excluding hydrogens is 319 g/mol. The molecule has 1 N–H and O–H groups in total. The van der Waals surface area contributed by atoms with Crippen molar-refractivity contribution in [2.45, 2.75) is 39.4 Å². The van der Waals surface area contributed by atoms with E-state index in [0.717, 1.165) is 11.3 Å². The summed E-state index contributed by atoms with van der Waals surface area (Å²) in [7, 11) is 0. The zero-order valence-electron chi connectivity index (χ0n) is 14.8. The Morgan fingerprint density at radius 2 is 2.04 bits per heavy atom. The van der Waals surface area contributed by atoms with Gasteiger partial charge in [0.2, 0.25) is 5.91 Å². The zero-order chi connectivity index (χ0) is 18.0. The minimum Gasteiger partial charge on any atom is -0.353 e. The fourth-order valence-electron chi connectivity index (χ4n) is 3.12. The molecule has 0 spiro atoms. The highest BCUT2D eigenvalue weighted by molar-refractivity contribution is 5.73. The molecular formula is C19H23FN4O. The molecule has 1 amide bonds. The van der Waals surface area contributed by atoms with Crippen LogP contribution in [0, 0.1) is 13.8 Å². The SMILES string of the molecule is CC(=O)N[C@@H]1CCN(c2cc(-c3ccc(C)c(C)c3)ncn2)C[C@H]1F. The van der Waals surface area contributed by atoms with E-state index >= 15 is 0 Å². The van der Waals surface area contributed by atoms with E-state index in [1.807, 2.05) is 17.0 Å². The monoisotopic (exact) mass is 342 g/mol. The molecule has 1 aromatic carbocycles. The third-order valence-electron chi connectivity index (χ3n) is 4.71. The van der Waals surface area contributed by atoms with Gasteiger partial charge in [-0.3, -0.25) is 4.79 Å². The predicted molar refractivity (Wildman–Crippen MR) is 96.3 cm³/mol. The minimum absolute atomic E-state index is 0.194. The summed E-state index contributed by atoms with van der Waals surface area (Å²) in [4.78, 5) is 21.7. The molecule has 1 saturated heterocycles. The number of carbonyl (C=O) groups is 1. The van der Waals surface area contributed by atoms with E-state index in [9.17, 15) is 9.18 Å². The van der Waals surface area contributed by atoms with Crippen molar-refractivity contribution in [2.24, 2.45) is 0 Å². The van der Waals surface area contributed by atoms with Gasteiger partial charge in [0.15, 0.2) is 0 Å². The predicted octanol–water partition coefficient (Wildman–Crippen LogP) is 2.81. The summed E-state index contributed by atoms with van der Waals surface area (Å²) in [5.41, 5.74) is 4.29. The Hall–Kier alpha value is -2.50. The second-order valence-corrected chi connectivity index (χ2v) is 6.62. The topological polar surface area (TPSA) is 58.1 Å². The summed E-state index contributed by atoms with van der Waals surface area (Å²) in [6.07, 6.45) is 0.967. The summed E-state index contributed by atoms with van der Waals surface area (Å²) < 4.78 is 14.4. The van der Waals surface area contributed by atoms with Gasteiger partial charge in [-0.05, 0) is 37.5 Å². The Balaban J connectivity index is 1.78. The van der Waals surface area contributed by atoms with E-state index in [1.54, 1.807) is 0 Å². The average Bonchev–Trinajstić information content (AvgIpc) is 2.59. The Morgan fingerprint density at radius 1 is 1.24 bits per heavy atom. The van der Waals surface area contributed by atoms with Crippen LogP contribution in [0.15, 0.2) is 30.6 Å². The van der Waals surface area contributed by atoms with Crippen LogP contribution in [-0.4, -0.2) is 41.2 Å². The van der Waals surface area contributed by atoms with Crippen molar-refractivity contribution in [2.75, 3.05) is 18.0 Å². The number of aromatic nitrogens is 2. The van der Waals surface area contributed by atoms with Crippen molar-refractivity contribution in [1.29, 1.82) is 0 Å². The van der Waals surface area contributed by atoms with E-state index in [1.165, 1.54) is 24.4 Å². The lowest BCUT2D eigenvalue weighted by Gasteiger charge is -2.35. The molecule has 1 fully saturated rings. The number of nitrogens with one attached hydrogen (secondary N) is 1. The standard InChI is InChI=1S/C19H23FN4O/c1-12-4-5-15(8-13(12)2)18-9-19(22-11-21-18)24-7-6-17(16(20)10-24)23-14(3)25/h4-5,8-9,11,16-17H,6-7,10H2,1-3H3,(H,23,25)/t16-,17-/m1/s1. The van der Waals surface area contributed by atoms with Crippen molar-refractivity contribution in [1.82, 2.24) is 15.3 Å². The third kappa shape index (κ3) is 3.95. The number of rotatable bonds is 3. The van der Waals surface area contributed by atoms with Crippen LogP contribution in [0.4, 0.5) is 10.2 Å². The van der Waals surface area contributed by atoms with E-state index < -0.39 is 12.2 Å². The van der Waals surface area contributed by atoms with Gasteiger partial charge in [0.05, 0.1) is 18.3 Å². The van der Waals surface area contributed by atoms with Crippen molar-refractivity contribution in [3.63, 3.8) is 0 Å². The summed E-state index contributed by atoms with van der Waals surface area (Å²) >= 11 is 0. The van der Waals surface area contributed by atoms with Crippen LogP contribution < -0.4 is 10.2 Å². The highest BCUT2D eigenvalue weighted by atomic mass is 19.1. The first-order chi connectivity index (χ1) is 11.9. The normalized spacial score (nSPS) is 20.4. The highest BCUT2D eigenvalue weighted by Crippen LogP contribution is 2.25. The highest BCUT2D eigenvalue weighted by Gasteiger charge is 2.30. The summed E-state index contributed by atoms with van der Waals surface area (Å²) in [6.45, 7) is 6.43. The lowest BCUT2D eigenvalue weighted by Crippen LogP contribution is -2.52. The van der Waals surface area contributed by atoms with Gasteiger partial charge in [0.25, 0.3) is 0 Å². The van der Waals surface area contributed by atoms with Crippen LogP contribution in [-0.2, 0) is 4.79 Å². The van der Waals surface area contributed by atoms with Crippen LogP contribution in [0.25, 0.3) is 11.3 Å². The number of hydrogen-bond donors (Lipinski definition) is 1. The third-order valence-corrected chi connectivity index (χ3v) is 4.71. The first kappa shape index (κ1) is 17.3. The summed E-state index contributed by atoms with van der Waals surface area (Å²) in [5.74, 6) is 0.521. The molecule has 5 nitrogen and oxygen atoms in total.